The van der Waals surface area contributed by atoms with Crippen molar-refractivity contribution < 1.29 is 18.9 Å². The molecule has 36 heavy (non-hydrogen) atoms. The third-order valence-corrected chi connectivity index (χ3v) is 6.63. The zero-order valence-corrected chi connectivity index (χ0v) is 21.4. The molecule has 0 aliphatic heterocycles. The van der Waals surface area contributed by atoms with Crippen LogP contribution in [0.15, 0.2) is 96.4 Å². The lowest BCUT2D eigenvalue weighted by atomic mass is 10.0. The number of rotatable bonds is 9. The molecule has 5 aromatic rings. The molecule has 0 spiro atoms. The van der Waals surface area contributed by atoms with Gasteiger partial charge in [-0.3, -0.25) is 0 Å². The highest BCUT2D eigenvalue weighted by atomic mass is 32.1. The van der Waals surface area contributed by atoms with E-state index in [1.807, 2.05) is 98.1 Å². The van der Waals surface area contributed by atoms with Crippen molar-refractivity contribution in [1.29, 1.82) is 0 Å². The van der Waals surface area contributed by atoms with Crippen LogP contribution in [0.5, 0.6) is 28.7 Å². The lowest BCUT2D eigenvalue weighted by Gasteiger charge is -2.18. The Labute approximate surface area is 215 Å². The van der Waals surface area contributed by atoms with E-state index in [0.717, 1.165) is 33.6 Å². The van der Waals surface area contributed by atoms with Crippen LogP contribution in [0.3, 0.4) is 0 Å². The fourth-order valence-electron chi connectivity index (χ4n) is 4.00. The van der Waals surface area contributed by atoms with Gasteiger partial charge in [0.2, 0.25) is 0 Å². The lowest BCUT2D eigenvalue weighted by Crippen LogP contribution is -2.05. The minimum Gasteiger partial charge on any atom is -0.493 e. The predicted molar refractivity (Wildman–Crippen MR) is 147 cm³/mol. The van der Waals surface area contributed by atoms with Gasteiger partial charge in [-0.1, -0.05) is 54.6 Å². The molecule has 0 saturated heterocycles. The average molecular weight is 497 g/mol. The van der Waals surface area contributed by atoms with Gasteiger partial charge in [0, 0.05) is 27.1 Å². The first kappa shape index (κ1) is 23.8. The van der Waals surface area contributed by atoms with E-state index in [4.69, 9.17) is 18.9 Å². The van der Waals surface area contributed by atoms with Crippen LogP contribution < -0.4 is 18.9 Å². The van der Waals surface area contributed by atoms with Crippen molar-refractivity contribution in [3.05, 3.63) is 102 Å². The summed E-state index contributed by atoms with van der Waals surface area (Å²) >= 11 is 1.66. The van der Waals surface area contributed by atoms with Gasteiger partial charge in [-0.2, -0.15) is 0 Å². The molecule has 0 aliphatic carbocycles. The Morgan fingerprint density at radius 2 is 1.53 bits per heavy atom. The highest BCUT2D eigenvalue weighted by Crippen LogP contribution is 2.46. The lowest BCUT2D eigenvalue weighted by molar-refractivity contribution is 0.242. The smallest absolute Gasteiger partial charge is 0.177 e. The minimum absolute atomic E-state index is 0.108. The predicted octanol–water partition coefficient (Wildman–Crippen LogP) is 8.74. The number of thiophene rings is 1. The quantitative estimate of drug-likeness (QED) is 0.204. The van der Waals surface area contributed by atoms with Gasteiger partial charge in [0.1, 0.15) is 23.9 Å². The molecule has 1 heterocycles. The second-order valence-electron chi connectivity index (χ2n) is 8.67. The monoisotopic (exact) mass is 496 g/mol. The molecular weight excluding hydrogens is 468 g/mol. The normalized spacial score (nSPS) is 11.0. The Morgan fingerprint density at radius 1 is 0.778 bits per heavy atom. The summed E-state index contributed by atoms with van der Waals surface area (Å²) in [6, 6.07) is 30.2. The fourth-order valence-corrected chi connectivity index (χ4v) is 4.86. The summed E-state index contributed by atoms with van der Waals surface area (Å²) in [5, 5.41) is 3.10. The van der Waals surface area contributed by atoms with Gasteiger partial charge in [-0.05, 0) is 55.3 Å². The van der Waals surface area contributed by atoms with Crippen LogP contribution in [0.1, 0.15) is 19.4 Å². The van der Waals surface area contributed by atoms with Crippen molar-refractivity contribution in [2.75, 3.05) is 7.11 Å². The van der Waals surface area contributed by atoms with Crippen molar-refractivity contribution >= 4 is 21.4 Å². The number of methoxy groups -OCH3 is 1. The van der Waals surface area contributed by atoms with Crippen LogP contribution in [0.4, 0.5) is 0 Å². The Kier molecular flexibility index (Phi) is 7.10. The molecule has 0 N–H and O–H groups in total. The molecule has 0 atom stereocenters. The molecule has 5 rings (SSSR count). The molecule has 1 aromatic heterocycles. The Hall–Kier alpha value is -3.96. The van der Waals surface area contributed by atoms with Gasteiger partial charge in [-0.25, -0.2) is 0 Å². The molecular formula is C31H28O4S. The van der Waals surface area contributed by atoms with E-state index in [9.17, 15) is 0 Å². The van der Waals surface area contributed by atoms with E-state index < -0.39 is 0 Å². The van der Waals surface area contributed by atoms with E-state index in [2.05, 4.69) is 12.1 Å². The molecule has 0 amide bonds. The molecule has 4 aromatic carbocycles. The van der Waals surface area contributed by atoms with Gasteiger partial charge < -0.3 is 18.9 Å². The Balaban J connectivity index is 1.55. The average Bonchev–Trinajstić information content (AvgIpc) is 3.31. The highest BCUT2D eigenvalue weighted by molar-refractivity contribution is 7.17. The van der Waals surface area contributed by atoms with Crippen molar-refractivity contribution in [3.8, 4) is 39.9 Å². The molecule has 0 unspecified atom stereocenters. The zero-order chi connectivity index (χ0) is 24.9. The highest BCUT2D eigenvalue weighted by Gasteiger charge is 2.19. The number of hydrogen-bond acceptors (Lipinski definition) is 5. The van der Waals surface area contributed by atoms with Crippen molar-refractivity contribution in [2.24, 2.45) is 0 Å². The van der Waals surface area contributed by atoms with Crippen LogP contribution in [-0.4, -0.2) is 13.2 Å². The topological polar surface area (TPSA) is 36.9 Å². The molecule has 0 saturated carbocycles. The second-order valence-corrected chi connectivity index (χ2v) is 9.58. The summed E-state index contributed by atoms with van der Waals surface area (Å²) in [4.78, 5) is 0. The first-order chi connectivity index (χ1) is 17.6. The van der Waals surface area contributed by atoms with E-state index in [0.29, 0.717) is 23.9 Å². The summed E-state index contributed by atoms with van der Waals surface area (Å²) in [5.74, 6) is 3.58. The van der Waals surface area contributed by atoms with E-state index in [-0.39, 0.29) is 6.10 Å². The molecule has 0 aliphatic rings. The van der Waals surface area contributed by atoms with Gasteiger partial charge in [0.15, 0.2) is 11.5 Å². The SMILES string of the molecule is COc1cc(OCc2ccccc2)cc(-c2ccc(OC(C)C)cc2)c1Oc1csc2ccccc12. The van der Waals surface area contributed by atoms with Gasteiger partial charge >= 0.3 is 0 Å². The summed E-state index contributed by atoms with van der Waals surface area (Å²) in [5.41, 5.74) is 2.95. The molecule has 182 valence electrons. The molecule has 4 nitrogen and oxygen atoms in total. The third-order valence-electron chi connectivity index (χ3n) is 5.69. The first-order valence-corrected chi connectivity index (χ1v) is 12.8. The van der Waals surface area contributed by atoms with E-state index in [1.54, 1.807) is 18.4 Å². The van der Waals surface area contributed by atoms with E-state index in [1.165, 1.54) is 4.70 Å². The fraction of sp³-hybridized carbons (Fsp3) is 0.161. The van der Waals surface area contributed by atoms with Crippen LogP contribution in [0.2, 0.25) is 0 Å². The minimum atomic E-state index is 0.108. The summed E-state index contributed by atoms with van der Waals surface area (Å²) < 4.78 is 25.6. The Morgan fingerprint density at radius 3 is 2.28 bits per heavy atom. The van der Waals surface area contributed by atoms with Crippen molar-refractivity contribution in [2.45, 2.75) is 26.6 Å². The van der Waals surface area contributed by atoms with Crippen LogP contribution in [-0.2, 0) is 6.61 Å². The summed E-state index contributed by atoms with van der Waals surface area (Å²) in [6.07, 6.45) is 0.108. The molecule has 5 heteroatoms. The van der Waals surface area contributed by atoms with E-state index >= 15 is 0 Å². The number of fused-ring (bicyclic) bond motifs is 1. The van der Waals surface area contributed by atoms with Crippen molar-refractivity contribution in [3.63, 3.8) is 0 Å². The largest absolute Gasteiger partial charge is 0.493 e. The zero-order valence-electron chi connectivity index (χ0n) is 20.6. The third kappa shape index (κ3) is 5.31. The van der Waals surface area contributed by atoms with Gasteiger partial charge in [0.05, 0.1) is 13.2 Å². The molecule has 0 bridgehead atoms. The van der Waals surface area contributed by atoms with Crippen molar-refractivity contribution in [1.82, 2.24) is 0 Å². The Bertz CT molecular complexity index is 1440. The van der Waals surface area contributed by atoms with Crippen LogP contribution in [0, 0.1) is 0 Å². The summed E-state index contributed by atoms with van der Waals surface area (Å²) in [6.45, 7) is 4.49. The van der Waals surface area contributed by atoms with Gasteiger partial charge in [-0.15, -0.1) is 11.3 Å². The van der Waals surface area contributed by atoms with Crippen LogP contribution >= 0.6 is 11.3 Å². The first-order valence-electron chi connectivity index (χ1n) is 11.9. The maximum Gasteiger partial charge on any atom is 0.177 e. The van der Waals surface area contributed by atoms with Crippen LogP contribution in [0.25, 0.3) is 21.2 Å². The number of hydrogen-bond donors (Lipinski definition) is 0. The number of benzene rings is 4. The molecule has 0 fully saturated rings. The maximum absolute atomic E-state index is 6.55. The van der Waals surface area contributed by atoms with Gasteiger partial charge in [0.25, 0.3) is 0 Å². The maximum atomic E-state index is 6.55. The second kappa shape index (κ2) is 10.8. The number of ether oxygens (including phenoxy) is 4. The standard InChI is InChI=1S/C31H28O4S/c1-21(2)34-24-15-13-23(14-16-24)27-17-25(33-19-22-9-5-4-6-10-22)18-28(32-3)31(27)35-29-20-36-30-12-8-7-11-26(29)30/h4-18,20-21H,19H2,1-3H3. The molecule has 0 radical (unpaired) electrons. The summed E-state index contributed by atoms with van der Waals surface area (Å²) in [7, 11) is 1.65.